The third-order valence-electron chi connectivity index (χ3n) is 4.62. The number of aliphatic hydroxyl groups excluding tert-OH is 1. The molecule has 0 aliphatic heterocycles. The van der Waals surface area contributed by atoms with E-state index in [2.05, 4.69) is 5.32 Å². The molecule has 0 heterocycles. The molecule has 0 radical (unpaired) electrons. The minimum atomic E-state index is -0.180. The molecule has 21 heavy (non-hydrogen) atoms. The van der Waals surface area contributed by atoms with Gasteiger partial charge in [-0.2, -0.15) is 0 Å². The van der Waals surface area contributed by atoms with Gasteiger partial charge in [0.1, 0.15) is 5.75 Å². The number of rotatable bonds is 5. The monoisotopic (exact) mass is 291 g/mol. The lowest BCUT2D eigenvalue weighted by Crippen LogP contribution is -2.45. The third kappa shape index (κ3) is 3.56. The molecule has 2 atom stereocenters. The third-order valence-corrected chi connectivity index (χ3v) is 4.62. The minimum absolute atomic E-state index is 0.00693. The number of hydrogen-bond acceptors (Lipinski definition) is 3. The fourth-order valence-corrected chi connectivity index (χ4v) is 3.07. The number of carbonyl (C=O) groups excluding carboxylic acids is 1. The Morgan fingerprint density at radius 1 is 1.52 bits per heavy atom. The van der Waals surface area contributed by atoms with Crippen molar-refractivity contribution in [3.8, 4) is 5.75 Å². The van der Waals surface area contributed by atoms with E-state index in [1.54, 1.807) is 7.11 Å². The van der Waals surface area contributed by atoms with E-state index in [9.17, 15) is 9.90 Å². The Balaban J connectivity index is 1.99. The zero-order valence-corrected chi connectivity index (χ0v) is 13.1. The van der Waals surface area contributed by atoms with Gasteiger partial charge < -0.3 is 15.2 Å². The SMILES string of the molecule is COc1cc(CC(=O)N[C@H]2CCC[C@]2(C)CO)ccc1C. The summed E-state index contributed by atoms with van der Waals surface area (Å²) in [7, 11) is 1.64. The van der Waals surface area contributed by atoms with Crippen molar-refractivity contribution in [2.24, 2.45) is 5.41 Å². The molecule has 1 fully saturated rings. The minimum Gasteiger partial charge on any atom is -0.496 e. The fourth-order valence-electron chi connectivity index (χ4n) is 3.07. The molecule has 0 saturated heterocycles. The molecule has 0 spiro atoms. The maximum Gasteiger partial charge on any atom is 0.224 e. The van der Waals surface area contributed by atoms with E-state index in [-0.39, 0.29) is 24.0 Å². The Kier molecular flexibility index (Phi) is 4.88. The van der Waals surface area contributed by atoms with Crippen LogP contribution in [0.5, 0.6) is 5.75 Å². The average Bonchev–Trinajstić information content (AvgIpc) is 2.83. The Bertz CT molecular complexity index is 515. The topological polar surface area (TPSA) is 58.6 Å². The first-order valence-corrected chi connectivity index (χ1v) is 7.52. The summed E-state index contributed by atoms with van der Waals surface area (Å²) in [5, 5.41) is 12.6. The number of aliphatic hydroxyl groups is 1. The Labute approximate surface area is 126 Å². The fraction of sp³-hybridized carbons (Fsp3) is 0.588. The number of carbonyl (C=O) groups is 1. The largest absolute Gasteiger partial charge is 0.496 e. The van der Waals surface area contributed by atoms with Crippen LogP contribution in [0.4, 0.5) is 0 Å². The van der Waals surface area contributed by atoms with Crippen molar-refractivity contribution in [2.75, 3.05) is 13.7 Å². The van der Waals surface area contributed by atoms with Crippen LogP contribution in [0.3, 0.4) is 0 Å². The number of aryl methyl sites for hydroxylation is 1. The summed E-state index contributed by atoms with van der Waals surface area (Å²) in [6.07, 6.45) is 3.31. The highest BCUT2D eigenvalue weighted by Crippen LogP contribution is 2.37. The highest BCUT2D eigenvalue weighted by Gasteiger charge is 2.38. The summed E-state index contributed by atoms with van der Waals surface area (Å²) < 4.78 is 5.29. The molecule has 1 aromatic rings. The second-order valence-electron chi connectivity index (χ2n) is 6.31. The summed E-state index contributed by atoms with van der Waals surface area (Å²) in [4.78, 5) is 12.2. The number of ether oxygens (including phenoxy) is 1. The van der Waals surface area contributed by atoms with Crippen LogP contribution in [-0.4, -0.2) is 30.8 Å². The van der Waals surface area contributed by atoms with Gasteiger partial charge in [-0.05, 0) is 37.0 Å². The lowest BCUT2D eigenvalue weighted by atomic mass is 9.85. The van der Waals surface area contributed by atoms with Crippen LogP contribution in [0.2, 0.25) is 0 Å². The van der Waals surface area contributed by atoms with Crippen LogP contribution in [0.1, 0.15) is 37.3 Å². The normalized spacial score (nSPS) is 24.9. The van der Waals surface area contributed by atoms with Crippen LogP contribution < -0.4 is 10.1 Å². The van der Waals surface area contributed by atoms with Crippen LogP contribution in [0, 0.1) is 12.3 Å². The summed E-state index contributed by atoms with van der Waals surface area (Å²) in [5.41, 5.74) is 1.82. The van der Waals surface area contributed by atoms with Crippen molar-refractivity contribution >= 4 is 5.91 Å². The van der Waals surface area contributed by atoms with Crippen molar-refractivity contribution in [1.29, 1.82) is 0 Å². The molecule has 116 valence electrons. The maximum absolute atomic E-state index is 12.2. The molecule has 1 aromatic carbocycles. The number of benzene rings is 1. The van der Waals surface area contributed by atoms with Crippen LogP contribution >= 0.6 is 0 Å². The van der Waals surface area contributed by atoms with E-state index in [0.717, 1.165) is 36.1 Å². The molecule has 4 nitrogen and oxygen atoms in total. The first kappa shape index (κ1) is 15.8. The van der Waals surface area contributed by atoms with Gasteiger partial charge in [-0.3, -0.25) is 4.79 Å². The van der Waals surface area contributed by atoms with Gasteiger partial charge in [-0.15, -0.1) is 0 Å². The molecule has 0 bridgehead atoms. The highest BCUT2D eigenvalue weighted by atomic mass is 16.5. The molecule has 2 N–H and O–H groups in total. The van der Waals surface area contributed by atoms with Gasteiger partial charge in [0, 0.05) is 11.5 Å². The summed E-state index contributed by atoms with van der Waals surface area (Å²) in [5.74, 6) is 0.814. The molecule has 2 rings (SSSR count). The Morgan fingerprint density at radius 2 is 2.29 bits per heavy atom. The Hall–Kier alpha value is -1.55. The van der Waals surface area contributed by atoms with E-state index < -0.39 is 0 Å². The molecule has 4 heteroatoms. The average molecular weight is 291 g/mol. The predicted molar refractivity (Wildman–Crippen MR) is 82.4 cm³/mol. The van der Waals surface area contributed by atoms with Crippen LogP contribution in [0.15, 0.2) is 18.2 Å². The van der Waals surface area contributed by atoms with Crippen molar-refractivity contribution in [1.82, 2.24) is 5.32 Å². The summed E-state index contributed by atoms with van der Waals surface area (Å²) >= 11 is 0. The second-order valence-corrected chi connectivity index (χ2v) is 6.31. The van der Waals surface area contributed by atoms with Crippen molar-refractivity contribution in [3.05, 3.63) is 29.3 Å². The first-order chi connectivity index (χ1) is 9.98. The van der Waals surface area contributed by atoms with Gasteiger partial charge in [0.25, 0.3) is 0 Å². The van der Waals surface area contributed by atoms with Crippen molar-refractivity contribution < 1.29 is 14.6 Å². The summed E-state index contributed by atoms with van der Waals surface area (Å²) in [6.45, 7) is 4.14. The molecule has 0 unspecified atom stereocenters. The standard InChI is InChI=1S/C17H25NO3/c1-12-6-7-13(9-14(12)21-3)10-16(20)18-15-5-4-8-17(15,2)11-19/h6-7,9,15,19H,4-5,8,10-11H2,1-3H3,(H,18,20)/t15-,17+/m0/s1. The molecule has 0 aromatic heterocycles. The van der Waals surface area contributed by atoms with Gasteiger partial charge in [-0.25, -0.2) is 0 Å². The molecular weight excluding hydrogens is 266 g/mol. The smallest absolute Gasteiger partial charge is 0.224 e. The van der Waals surface area contributed by atoms with Crippen LogP contribution in [-0.2, 0) is 11.2 Å². The van der Waals surface area contributed by atoms with Crippen molar-refractivity contribution in [3.63, 3.8) is 0 Å². The molecule has 1 amide bonds. The van der Waals surface area contributed by atoms with E-state index >= 15 is 0 Å². The highest BCUT2D eigenvalue weighted by molar-refractivity contribution is 5.79. The molecule has 1 aliphatic carbocycles. The van der Waals surface area contributed by atoms with E-state index in [4.69, 9.17) is 4.74 Å². The summed E-state index contributed by atoms with van der Waals surface area (Å²) in [6, 6.07) is 5.91. The number of nitrogens with one attached hydrogen (secondary N) is 1. The van der Waals surface area contributed by atoms with E-state index in [1.165, 1.54) is 0 Å². The molecule has 1 saturated carbocycles. The second kappa shape index (κ2) is 6.48. The Morgan fingerprint density at radius 3 is 2.95 bits per heavy atom. The quantitative estimate of drug-likeness (QED) is 0.874. The molecule has 1 aliphatic rings. The zero-order chi connectivity index (χ0) is 15.5. The number of hydrogen-bond donors (Lipinski definition) is 2. The van der Waals surface area contributed by atoms with Crippen molar-refractivity contribution in [2.45, 2.75) is 45.6 Å². The van der Waals surface area contributed by atoms with E-state index in [1.807, 2.05) is 32.0 Å². The predicted octanol–water partition coefficient (Wildman–Crippen LogP) is 2.21. The van der Waals surface area contributed by atoms with Gasteiger partial charge >= 0.3 is 0 Å². The first-order valence-electron chi connectivity index (χ1n) is 7.52. The number of amides is 1. The van der Waals surface area contributed by atoms with Gasteiger partial charge in [0.2, 0.25) is 5.91 Å². The van der Waals surface area contributed by atoms with Gasteiger partial charge in [-0.1, -0.05) is 25.5 Å². The van der Waals surface area contributed by atoms with Gasteiger partial charge in [0.15, 0.2) is 0 Å². The zero-order valence-electron chi connectivity index (χ0n) is 13.1. The van der Waals surface area contributed by atoms with Gasteiger partial charge in [0.05, 0.1) is 20.1 Å². The number of methoxy groups -OCH3 is 1. The lowest BCUT2D eigenvalue weighted by Gasteiger charge is -2.30. The lowest BCUT2D eigenvalue weighted by molar-refractivity contribution is -0.122. The van der Waals surface area contributed by atoms with Crippen LogP contribution in [0.25, 0.3) is 0 Å². The maximum atomic E-state index is 12.2. The molecular formula is C17H25NO3. The van der Waals surface area contributed by atoms with E-state index in [0.29, 0.717) is 6.42 Å².